The van der Waals surface area contributed by atoms with E-state index in [1.54, 1.807) is 6.07 Å². The minimum Gasteiger partial charge on any atom is -0.504 e. The van der Waals surface area contributed by atoms with Gasteiger partial charge < -0.3 is 19.7 Å². The molecule has 0 unspecified atom stereocenters. The van der Waals surface area contributed by atoms with Gasteiger partial charge in [0.2, 0.25) is 0 Å². The number of aliphatic hydroxyl groups is 1. The van der Waals surface area contributed by atoms with Gasteiger partial charge in [-0.1, -0.05) is 19.4 Å². The molecule has 0 radical (unpaired) electrons. The maximum Gasteiger partial charge on any atom is 0.160 e. The topological polar surface area (TPSA) is 58.9 Å². The number of ether oxygens (including phenoxy) is 2. The van der Waals surface area contributed by atoms with Crippen LogP contribution in [0.15, 0.2) is 18.2 Å². The summed E-state index contributed by atoms with van der Waals surface area (Å²) in [5.74, 6) is 1.43. The third-order valence-electron chi connectivity index (χ3n) is 5.37. The molecule has 4 nitrogen and oxygen atoms in total. The third kappa shape index (κ3) is 2.82. The summed E-state index contributed by atoms with van der Waals surface area (Å²) in [5, 5.41) is 20.7. The molecule has 3 rings (SSSR count). The quantitative estimate of drug-likeness (QED) is 0.879. The molecule has 2 N–H and O–H groups in total. The van der Waals surface area contributed by atoms with E-state index in [0.717, 1.165) is 18.4 Å². The highest BCUT2D eigenvalue weighted by Gasteiger charge is 2.47. The molecule has 1 aliphatic carbocycles. The van der Waals surface area contributed by atoms with E-state index in [9.17, 15) is 10.2 Å². The van der Waals surface area contributed by atoms with Gasteiger partial charge in [-0.3, -0.25) is 0 Å². The fourth-order valence-corrected chi connectivity index (χ4v) is 4.07. The zero-order chi connectivity index (χ0) is 15.9. The fourth-order valence-electron chi connectivity index (χ4n) is 4.07. The summed E-state index contributed by atoms with van der Waals surface area (Å²) in [4.78, 5) is 0. The highest BCUT2D eigenvalue weighted by molar-refractivity contribution is 5.42. The van der Waals surface area contributed by atoms with Gasteiger partial charge in [-0.25, -0.2) is 0 Å². The highest BCUT2D eigenvalue weighted by Crippen LogP contribution is 2.48. The van der Waals surface area contributed by atoms with Gasteiger partial charge in [0.15, 0.2) is 11.5 Å². The van der Waals surface area contributed by atoms with Crippen molar-refractivity contribution in [3.05, 3.63) is 23.8 Å². The minimum atomic E-state index is -0.709. The summed E-state index contributed by atoms with van der Waals surface area (Å²) in [5.41, 5.74) is 0.241. The number of phenolic OH excluding ortho intramolecular Hbond substituents is 1. The van der Waals surface area contributed by atoms with Gasteiger partial charge in [0.25, 0.3) is 0 Å². The third-order valence-corrected chi connectivity index (χ3v) is 5.37. The SMILES string of the molecule is COc1cc([C@H]2C[C@](C)(O)[C@@H]3CC[C@@H](C)C[C@H]3O2)ccc1O. The van der Waals surface area contributed by atoms with Crippen LogP contribution < -0.4 is 4.74 Å². The first-order chi connectivity index (χ1) is 10.4. The average Bonchev–Trinajstić information content (AvgIpc) is 2.46. The maximum atomic E-state index is 10.9. The predicted molar refractivity (Wildman–Crippen MR) is 84.0 cm³/mol. The molecule has 0 spiro atoms. The zero-order valence-corrected chi connectivity index (χ0v) is 13.6. The molecule has 2 aliphatic rings. The van der Waals surface area contributed by atoms with E-state index < -0.39 is 5.60 Å². The van der Waals surface area contributed by atoms with Gasteiger partial charge in [0, 0.05) is 12.3 Å². The van der Waals surface area contributed by atoms with Crippen LogP contribution in [0.2, 0.25) is 0 Å². The van der Waals surface area contributed by atoms with E-state index in [4.69, 9.17) is 9.47 Å². The van der Waals surface area contributed by atoms with Gasteiger partial charge in [-0.15, -0.1) is 0 Å². The van der Waals surface area contributed by atoms with Crippen LogP contribution in [0, 0.1) is 11.8 Å². The van der Waals surface area contributed by atoms with Crippen molar-refractivity contribution in [2.45, 2.75) is 57.3 Å². The predicted octanol–water partition coefficient (Wildman–Crippen LogP) is 3.42. The van der Waals surface area contributed by atoms with Crippen molar-refractivity contribution in [3.8, 4) is 11.5 Å². The molecule has 1 saturated heterocycles. The van der Waals surface area contributed by atoms with Gasteiger partial charge in [-0.05, 0) is 43.4 Å². The summed E-state index contributed by atoms with van der Waals surface area (Å²) in [6.07, 6.45) is 3.74. The van der Waals surface area contributed by atoms with E-state index in [2.05, 4.69) is 6.92 Å². The van der Waals surface area contributed by atoms with Crippen molar-refractivity contribution < 1.29 is 19.7 Å². The van der Waals surface area contributed by atoms with Crippen LogP contribution in [0.5, 0.6) is 11.5 Å². The first-order valence-corrected chi connectivity index (χ1v) is 8.15. The summed E-state index contributed by atoms with van der Waals surface area (Å²) < 4.78 is 11.5. The van der Waals surface area contributed by atoms with E-state index in [0.29, 0.717) is 18.1 Å². The maximum absolute atomic E-state index is 10.9. The monoisotopic (exact) mass is 306 g/mol. The molecule has 1 aromatic rings. The van der Waals surface area contributed by atoms with Crippen LogP contribution in [0.3, 0.4) is 0 Å². The highest BCUT2D eigenvalue weighted by atomic mass is 16.5. The van der Waals surface area contributed by atoms with Gasteiger partial charge >= 0.3 is 0 Å². The largest absolute Gasteiger partial charge is 0.504 e. The molecule has 122 valence electrons. The van der Waals surface area contributed by atoms with Crippen molar-refractivity contribution in [2.24, 2.45) is 11.8 Å². The van der Waals surface area contributed by atoms with Crippen LogP contribution in [-0.4, -0.2) is 29.0 Å². The first kappa shape index (κ1) is 15.6. The number of aromatic hydroxyl groups is 1. The number of benzene rings is 1. The first-order valence-electron chi connectivity index (χ1n) is 8.15. The molecule has 2 fully saturated rings. The second kappa shape index (κ2) is 5.74. The van der Waals surface area contributed by atoms with Gasteiger partial charge in [0.05, 0.1) is 24.9 Å². The smallest absolute Gasteiger partial charge is 0.160 e. The van der Waals surface area contributed by atoms with Gasteiger partial charge in [0.1, 0.15) is 0 Å². The summed E-state index contributed by atoms with van der Waals surface area (Å²) in [7, 11) is 1.54. The number of phenols is 1. The van der Waals surface area contributed by atoms with Crippen LogP contribution >= 0.6 is 0 Å². The van der Waals surface area contributed by atoms with Crippen molar-refractivity contribution in [1.82, 2.24) is 0 Å². The molecule has 1 aliphatic heterocycles. The minimum absolute atomic E-state index is 0.109. The number of hydrogen-bond donors (Lipinski definition) is 2. The normalized spacial score (nSPS) is 38.4. The lowest BCUT2D eigenvalue weighted by molar-refractivity contribution is -0.197. The standard InChI is InChI=1S/C18H26O4/c1-11-4-6-13-15(8-11)22-17(10-18(13,2)20)12-5-7-14(19)16(9-12)21-3/h5,7,9,11,13,15,17,19-20H,4,6,8,10H2,1-3H3/t11-,13-,15-,17-,18+/m1/s1. The second-order valence-electron chi connectivity index (χ2n) is 7.18. The van der Waals surface area contributed by atoms with Crippen molar-refractivity contribution in [3.63, 3.8) is 0 Å². The fraction of sp³-hybridized carbons (Fsp3) is 0.667. The number of rotatable bonds is 2. The van der Waals surface area contributed by atoms with Crippen molar-refractivity contribution in [2.75, 3.05) is 7.11 Å². The molecular formula is C18H26O4. The molecule has 1 heterocycles. The van der Waals surface area contributed by atoms with Crippen molar-refractivity contribution >= 4 is 0 Å². The molecule has 5 atom stereocenters. The molecule has 0 amide bonds. The average molecular weight is 306 g/mol. The number of methoxy groups -OCH3 is 1. The van der Waals surface area contributed by atoms with Crippen LogP contribution in [0.1, 0.15) is 51.2 Å². The van der Waals surface area contributed by atoms with Crippen LogP contribution in [0.25, 0.3) is 0 Å². The Morgan fingerprint density at radius 1 is 1.32 bits per heavy atom. The number of hydrogen-bond acceptors (Lipinski definition) is 4. The van der Waals surface area contributed by atoms with E-state index in [-0.39, 0.29) is 23.9 Å². The lowest BCUT2D eigenvalue weighted by Crippen LogP contribution is -2.51. The Labute approximate surface area is 132 Å². The van der Waals surface area contributed by atoms with E-state index >= 15 is 0 Å². The Hall–Kier alpha value is -1.26. The lowest BCUT2D eigenvalue weighted by atomic mass is 9.68. The Balaban J connectivity index is 1.86. The summed E-state index contributed by atoms with van der Waals surface area (Å²) >= 11 is 0. The number of fused-ring (bicyclic) bond motifs is 1. The van der Waals surface area contributed by atoms with E-state index in [1.807, 2.05) is 19.1 Å². The zero-order valence-electron chi connectivity index (χ0n) is 13.6. The molecule has 4 heteroatoms. The lowest BCUT2D eigenvalue weighted by Gasteiger charge is -2.49. The Bertz CT molecular complexity index is 540. The second-order valence-corrected chi connectivity index (χ2v) is 7.18. The Morgan fingerprint density at radius 3 is 2.82 bits per heavy atom. The Kier molecular flexibility index (Phi) is 4.08. The van der Waals surface area contributed by atoms with Crippen LogP contribution in [-0.2, 0) is 4.74 Å². The van der Waals surface area contributed by atoms with Crippen LogP contribution in [0.4, 0.5) is 0 Å². The molecule has 1 saturated carbocycles. The summed E-state index contributed by atoms with van der Waals surface area (Å²) in [6, 6.07) is 5.29. The molecule has 0 aromatic heterocycles. The molecule has 22 heavy (non-hydrogen) atoms. The Morgan fingerprint density at radius 2 is 2.09 bits per heavy atom. The molecular weight excluding hydrogens is 280 g/mol. The van der Waals surface area contributed by atoms with E-state index in [1.165, 1.54) is 13.5 Å². The summed E-state index contributed by atoms with van der Waals surface area (Å²) in [6.45, 7) is 4.19. The molecule has 1 aromatic carbocycles. The molecule has 0 bridgehead atoms. The van der Waals surface area contributed by atoms with Crippen molar-refractivity contribution in [1.29, 1.82) is 0 Å². The van der Waals surface area contributed by atoms with Gasteiger partial charge in [-0.2, -0.15) is 0 Å².